The number of aromatic nitrogens is 2. The molecule has 5 atom stereocenters. The number of fused-ring (bicyclic) bond motifs is 7. The van der Waals surface area contributed by atoms with Crippen LogP contribution < -0.4 is 10.7 Å². The first kappa shape index (κ1) is 50.5. The van der Waals surface area contributed by atoms with Gasteiger partial charge in [-0.2, -0.15) is 0 Å². The topological polar surface area (TPSA) is 159 Å². The Hall–Kier alpha value is -5.90. The van der Waals surface area contributed by atoms with Crippen molar-refractivity contribution < 1.29 is 33.4 Å². The Morgan fingerprint density at radius 1 is 1.06 bits per heavy atom. The number of amides is 4. The van der Waals surface area contributed by atoms with E-state index in [1.165, 1.54) is 21.5 Å². The maximum atomic E-state index is 14.8. The fourth-order valence-electron chi connectivity index (χ4n) is 11.1. The van der Waals surface area contributed by atoms with Crippen molar-refractivity contribution in [2.45, 2.75) is 117 Å². The molecule has 15 nitrogen and oxygen atoms in total. The van der Waals surface area contributed by atoms with Gasteiger partial charge < -0.3 is 34.1 Å². The van der Waals surface area contributed by atoms with Crippen LogP contribution >= 0.6 is 0 Å². The molecule has 0 aliphatic carbocycles. The molecule has 2 N–H and O–H groups in total. The van der Waals surface area contributed by atoms with E-state index < -0.39 is 47.2 Å². The molecule has 4 aliphatic heterocycles. The molecule has 2 saturated heterocycles. The number of nitrogens with zero attached hydrogens (tertiary/aromatic N) is 6. The summed E-state index contributed by atoms with van der Waals surface area (Å²) in [6, 6.07) is 14.3. The Labute approximate surface area is 412 Å². The number of ether oxygens (including phenoxy) is 2. The van der Waals surface area contributed by atoms with Crippen LogP contribution in [0.2, 0.25) is 0 Å². The first-order chi connectivity index (χ1) is 33.4. The van der Waals surface area contributed by atoms with Gasteiger partial charge in [0.25, 0.3) is 5.91 Å². The molecule has 4 aliphatic rings. The molecule has 0 radical (unpaired) electrons. The van der Waals surface area contributed by atoms with Crippen LogP contribution in [0.15, 0.2) is 61.2 Å². The summed E-state index contributed by atoms with van der Waals surface area (Å²) in [4.78, 5) is 80.5. The van der Waals surface area contributed by atoms with E-state index in [0.717, 1.165) is 75.3 Å². The monoisotopic (exact) mass is 957 g/mol. The van der Waals surface area contributed by atoms with Gasteiger partial charge in [-0.15, -0.1) is 0 Å². The molecule has 70 heavy (non-hydrogen) atoms. The van der Waals surface area contributed by atoms with Crippen LogP contribution in [0.25, 0.3) is 33.3 Å². The fourth-order valence-corrected chi connectivity index (χ4v) is 11.1. The molecule has 0 spiro atoms. The number of carbonyl (C=O) groups is 5. The summed E-state index contributed by atoms with van der Waals surface area (Å²) >= 11 is 0. The molecular weight excluding hydrogens is 885 g/mol. The van der Waals surface area contributed by atoms with Gasteiger partial charge in [-0.05, 0) is 105 Å². The molecule has 2 fully saturated rings. The van der Waals surface area contributed by atoms with Gasteiger partial charge in [0.05, 0.1) is 30.0 Å². The van der Waals surface area contributed by atoms with Crippen molar-refractivity contribution in [3.8, 4) is 22.4 Å². The lowest BCUT2D eigenvalue weighted by Gasteiger charge is -2.37. The number of methoxy groups -OCH3 is 1. The Kier molecular flexibility index (Phi) is 15.0. The number of esters is 1. The van der Waals surface area contributed by atoms with E-state index in [-0.39, 0.29) is 43.4 Å². The number of hydrogen-bond donors (Lipinski definition) is 2. The summed E-state index contributed by atoms with van der Waals surface area (Å²) in [5, 5.41) is 5.62. The lowest BCUT2D eigenvalue weighted by Crippen LogP contribution is -2.62. The van der Waals surface area contributed by atoms with Crippen LogP contribution in [0.5, 0.6) is 0 Å². The van der Waals surface area contributed by atoms with Crippen molar-refractivity contribution >= 4 is 40.5 Å². The molecule has 0 saturated carbocycles. The summed E-state index contributed by atoms with van der Waals surface area (Å²) < 4.78 is 14.6. The number of likely N-dealkylation sites (N-methyl/N-ethyl adjacent to an activating group) is 2. The van der Waals surface area contributed by atoms with Gasteiger partial charge in [-0.25, -0.2) is 5.43 Å². The van der Waals surface area contributed by atoms with E-state index in [2.05, 4.69) is 97.9 Å². The Balaban J connectivity index is 1.21. The average Bonchev–Trinajstić information content (AvgIpc) is 3.96. The van der Waals surface area contributed by atoms with Crippen molar-refractivity contribution in [3.05, 3.63) is 89.3 Å². The highest BCUT2D eigenvalue weighted by molar-refractivity contribution is 5.96. The number of aryl methyl sites for hydroxylation is 1. The van der Waals surface area contributed by atoms with Crippen LogP contribution in [0.1, 0.15) is 95.0 Å². The quantitative estimate of drug-likeness (QED) is 0.138. The molecule has 1 unspecified atom stereocenters. The largest absolute Gasteiger partial charge is 0.464 e. The third-order valence-electron chi connectivity index (χ3n) is 14.9. The maximum Gasteiger partial charge on any atom is 0.324 e. The Bertz CT molecular complexity index is 2670. The summed E-state index contributed by atoms with van der Waals surface area (Å²) in [5.74, 6) is -2.55. The zero-order chi connectivity index (χ0) is 50.2. The standard InChI is InChI=1S/C55H72N8O7/c1-11-47(64)61-24-20-38(31-61)52(66)60(9)49(33(3)4)51(65)57-45-26-35-15-13-16-36(25-35)37-18-19-46-40(27-37)42(29-55(6,7)32-70-54(68)44-17-14-22-63(58-44)53(45)67)50(62(46)12-2)41-28-39-30-59(8)23-21-43(39)56-48(41)34(5)69-10/h11,13,15-16,18-19,25,27-28,33-34,38,44-45,49,58H,1,12,14,17,20-24,26,29-32H2,2-10H3,(H,57,65)/t34-,38?,44-,45-,49-/m0/s1. The highest BCUT2D eigenvalue weighted by Crippen LogP contribution is 2.43. The van der Waals surface area contributed by atoms with Gasteiger partial charge in [0, 0.05) is 93.8 Å². The molecule has 6 heterocycles. The summed E-state index contributed by atoms with van der Waals surface area (Å²) in [5.41, 5.74) is 13.0. The van der Waals surface area contributed by atoms with E-state index in [1.54, 1.807) is 19.1 Å². The zero-order valence-corrected chi connectivity index (χ0v) is 42.6. The smallest absolute Gasteiger partial charge is 0.324 e. The lowest BCUT2D eigenvalue weighted by atomic mass is 9.83. The number of nitrogens with one attached hydrogen (secondary N) is 2. The highest BCUT2D eigenvalue weighted by atomic mass is 16.5. The number of cyclic esters (lactones) is 1. The molecule has 8 rings (SSSR count). The summed E-state index contributed by atoms with van der Waals surface area (Å²) in [6.07, 6.45) is 4.09. The summed E-state index contributed by atoms with van der Waals surface area (Å²) in [7, 11) is 5.49. The second kappa shape index (κ2) is 20.8. The molecule has 374 valence electrons. The predicted molar refractivity (Wildman–Crippen MR) is 270 cm³/mol. The van der Waals surface area contributed by atoms with E-state index in [0.29, 0.717) is 45.3 Å². The van der Waals surface area contributed by atoms with Crippen LogP contribution in [0, 0.1) is 17.3 Å². The van der Waals surface area contributed by atoms with Gasteiger partial charge in [-0.3, -0.25) is 34.0 Å². The van der Waals surface area contributed by atoms with Gasteiger partial charge in [0.2, 0.25) is 17.7 Å². The molecule has 6 bridgehead atoms. The normalized spacial score (nSPS) is 21.7. The van der Waals surface area contributed by atoms with Crippen molar-refractivity contribution in [1.29, 1.82) is 0 Å². The van der Waals surface area contributed by atoms with Crippen molar-refractivity contribution in [3.63, 3.8) is 0 Å². The number of benzene rings is 2. The maximum absolute atomic E-state index is 14.8. The zero-order valence-electron chi connectivity index (χ0n) is 42.6. The van der Waals surface area contributed by atoms with Crippen LogP contribution in [-0.4, -0.2) is 131 Å². The van der Waals surface area contributed by atoms with Crippen molar-refractivity contribution in [1.82, 2.24) is 40.0 Å². The third-order valence-corrected chi connectivity index (χ3v) is 14.9. The third kappa shape index (κ3) is 10.3. The van der Waals surface area contributed by atoms with Gasteiger partial charge in [-0.1, -0.05) is 64.6 Å². The number of rotatable bonds is 10. The predicted octanol–water partition coefficient (Wildman–Crippen LogP) is 6.25. The summed E-state index contributed by atoms with van der Waals surface area (Å²) in [6.45, 7) is 19.4. The Morgan fingerprint density at radius 3 is 2.56 bits per heavy atom. The first-order valence-electron chi connectivity index (χ1n) is 25.1. The van der Waals surface area contributed by atoms with Gasteiger partial charge in [0.1, 0.15) is 18.1 Å². The van der Waals surface area contributed by atoms with E-state index in [4.69, 9.17) is 14.5 Å². The minimum atomic E-state index is -1.05. The SMILES string of the molecule is C=CC(=O)N1CCC(C(=O)N(C)[C@H](C(=O)N[C@H]2Cc3cccc(c3)-c3ccc4c(c3)c(c(-c3cc5c(nc3[C@H](C)OC)CCN(C)C5)n4CC)CC(C)(C)COC(=O)[C@@H]3CCCN(N3)C2=O)C(C)C)C1. The van der Waals surface area contributed by atoms with Gasteiger partial charge in [0.15, 0.2) is 0 Å². The first-order valence-corrected chi connectivity index (χ1v) is 25.1. The molecular formula is C55H72N8O7. The second-order valence-electron chi connectivity index (χ2n) is 21.0. The second-order valence-corrected chi connectivity index (χ2v) is 21.0. The number of hydrogen-bond acceptors (Lipinski definition) is 10. The molecule has 4 aromatic rings. The minimum Gasteiger partial charge on any atom is -0.464 e. The number of likely N-dealkylation sites (tertiary alicyclic amines) is 1. The molecule has 2 aromatic heterocycles. The van der Waals surface area contributed by atoms with Crippen LogP contribution in [0.4, 0.5) is 0 Å². The van der Waals surface area contributed by atoms with Crippen LogP contribution in [-0.2, 0) is 65.8 Å². The van der Waals surface area contributed by atoms with E-state index >= 15 is 0 Å². The van der Waals surface area contributed by atoms with Crippen LogP contribution in [0.3, 0.4) is 0 Å². The van der Waals surface area contributed by atoms with Crippen molar-refractivity contribution in [2.75, 3.05) is 54.0 Å². The lowest BCUT2D eigenvalue weighted by molar-refractivity contribution is -0.155. The number of pyridine rings is 1. The fraction of sp³-hybridized carbons (Fsp3) is 0.527. The van der Waals surface area contributed by atoms with Gasteiger partial charge >= 0.3 is 5.97 Å². The molecule has 15 heteroatoms. The van der Waals surface area contributed by atoms with E-state index in [9.17, 15) is 24.0 Å². The van der Waals surface area contributed by atoms with E-state index in [1.807, 2.05) is 26.0 Å². The highest BCUT2D eigenvalue weighted by Gasteiger charge is 2.40. The molecule has 4 amide bonds. The number of hydrazine groups is 1. The minimum absolute atomic E-state index is 0.136. The number of carbonyl (C=O) groups excluding carboxylic acids is 5. The Morgan fingerprint density at radius 2 is 1.83 bits per heavy atom. The molecule has 2 aromatic carbocycles. The average molecular weight is 957 g/mol. The van der Waals surface area contributed by atoms with Crippen molar-refractivity contribution in [2.24, 2.45) is 17.3 Å².